The summed E-state index contributed by atoms with van der Waals surface area (Å²) < 4.78 is 5.78. The lowest BCUT2D eigenvalue weighted by atomic mass is 10.3. The maximum Gasteiger partial charge on any atom is 0.193 e. The molecule has 1 aliphatic rings. The molecule has 0 aromatic heterocycles. The Bertz CT molecular complexity index is 507. The monoisotopic (exact) mass is 330 g/mol. The van der Waals surface area contributed by atoms with E-state index in [1.54, 1.807) is 0 Å². The Hall–Kier alpha value is -2.01. The van der Waals surface area contributed by atoms with Gasteiger partial charge in [-0.1, -0.05) is 30.4 Å². The maximum absolute atomic E-state index is 5.78. The lowest BCUT2D eigenvalue weighted by Crippen LogP contribution is -2.53. The zero-order chi connectivity index (χ0) is 17.0. The number of aliphatic imine (C=N–C) groups is 1. The molecule has 5 heteroatoms. The highest BCUT2D eigenvalue weighted by Gasteiger charge is 2.19. The zero-order valence-corrected chi connectivity index (χ0v) is 14.9. The summed E-state index contributed by atoms with van der Waals surface area (Å²) in [7, 11) is 1.86. The van der Waals surface area contributed by atoms with Crippen molar-refractivity contribution in [1.82, 2.24) is 15.1 Å². The van der Waals surface area contributed by atoms with Crippen molar-refractivity contribution in [2.24, 2.45) is 4.99 Å². The van der Waals surface area contributed by atoms with E-state index in [9.17, 15) is 0 Å². The van der Waals surface area contributed by atoms with Crippen molar-refractivity contribution in [3.8, 4) is 5.75 Å². The molecule has 5 nitrogen and oxygen atoms in total. The van der Waals surface area contributed by atoms with E-state index in [1.165, 1.54) is 0 Å². The third kappa shape index (κ3) is 6.24. The largest absolute Gasteiger partial charge is 0.492 e. The summed E-state index contributed by atoms with van der Waals surface area (Å²) in [5.41, 5.74) is 0. The zero-order valence-electron chi connectivity index (χ0n) is 14.9. The fraction of sp³-hybridized carbons (Fsp3) is 0.526. The van der Waals surface area contributed by atoms with Crippen molar-refractivity contribution >= 4 is 5.96 Å². The molecule has 1 aromatic carbocycles. The molecule has 24 heavy (non-hydrogen) atoms. The SMILES string of the molecule is C/C=C/CCNC(=NC)N1CCN(CCOc2ccccc2)CC1. The molecule has 0 amide bonds. The molecule has 0 saturated carbocycles. The number of piperazine rings is 1. The smallest absolute Gasteiger partial charge is 0.193 e. The molecule has 0 spiro atoms. The summed E-state index contributed by atoms with van der Waals surface area (Å²) >= 11 is 0. The minimum absolute atomic E-state index is 0.736. The maximum atomic E-state index is 5.78. The van der Waals surface area contributed by atoms with Crippen LogP contribution in [0.3, 0.4) is 0 Å². The van der Waals surface area contributed by atoms with Crippen LogP contribution in [-0.4, -0.2) is 68.7 Å². The standard InChI is InChI=1S/C19H30N4O/c1-3-4-8-11-21-19(20-2)23-14-12-22(13-15-23)16-17-24-18-9-6-5-7-10-18/h3-7,9-10H,8,11-17H2,1-2H3,(H,20,21)/b4-3+. The molecular formula is C19H30N4O. The quantitative estimate of drug-likeness (QED) is 0.360. The van der Waals surface area contributed by atoms with Gasteiger partial charge in [0.2, 0.25) is 0 Å². The number of rotatable bonds is 7. The van der Waals surface area contributed by atoms with Crippen LogP contribution in [0.1, 0.15) is 13.3 Å². The van der Waals surface area contributed by atoms with Crippen LogP contribution in [0.2, 0.25) is 0 Å². The Labute approximate surface area is 146 Å². The number of hydrogen-bond donors (Lipinski definition) is 1. The van der Waals surface area contributed by atoms with E-state index < -0.39 is 0 Å². The van der Waals surface area contributed by atoms with Gasteiger partial charge in [-0.05, 0) is 25.5 Å². The lowest BCUT2D eigenvalue weighted by molar-refractivity contribution is 0.152. The number of allylic oxidation sites excluding steroid dienone is 1. The third-order valence-electron chi connectivity index (χ3n) is 4.13. The Morgan fingerprint density at radius 3 is 2.62 bits per heavy atom. The molecule has 1 aliphatic heterocycles. The van der Waals surface area contributed by atoms with Crippen LogP contribution in [0.25, 0.3) is 0 Å². The summed E-state index contributed by atoms with van der Waals surface area (Å²) in [6, 6.07) is 10.0. The summed E-state index contributed by atoms with van der Waals surface area (Å²) in [6.45, 7) is 8.80. The van der Waals surface area contributed by atoms with Crippen LogP contribution in [-0.2, 0) is 0 Å². The van der Waals surface area contributed by atoms with Gasteiger partial charge < -0.3 is 15.0 Å². The summed E-state index contributed by atoms with van der Waals surface area (Å²) in [6.07, 6.45) is 5.29. The van der Waals surface area contributed by atoms with Crippen LogP contribution in [0, 0.1) is 0 Å². The van der Waals surface area contributed by atoms with Gasteiger partial charge >= 0.3 is 0 Å². The summed E-state index contributed by atoms with van der Waals surface area (Å²) in [4.78, 5) is 9.19. The van der Waals surface area contributed by atoms with Gasteiger partial charge in [0, 0.05) is 46.3 Å². The first kappa shape index (κ1) is 18.3. The minimum atomic E-state index is 0.736. The van der Waals surface area contributed by atoms with Gasteiger partial charge in [-0.3, -0.25) is 9.89 Å². The summed E-state index contributed by atoms with van der Waals surface area (Å²) in [5, 5.41) is 3.43. The normalized spacial score (nSPS) is 16.6. The minimum Gasteiger partial charge on any atom is -0.492 e. The molecule has 0 unspecified atom stereocenters. The molecule has 0 atom stereocenters. The predicted octanol–water partition coefficient (Wildman–Crippen LogP) is 2.22. The molecule has 1 N–H and O–H groups in total. The first-order valence-electron chi connectivity index (χ1n) is 8.80. The molecule has 0 radical (unpaired) electrons. The molecule has 0 bridgehead atoms. The van der Waals surface area contributed by atoms with E-state index in [0.29, 0.717) is 0 Å². The topological polar surface area (TPSA) is 40.1 Å². The second-order valence-electron chi connectivity index (χ2n) is 5.82. The number of nitrogens with one attached hydrogen (secondary N) is 1. The van der Waals surface area contributed by atoms with Crippen LogP contribution < -0.4 is 10.1 Å². The van der Waals surface area contributed by atoms with Gasteiger partial charge in [0.1, 0.15) is 12.4 Å². The average molecular weight is 330 g/mol. The molecule has 0 aliphatic carbocycles. The van der Waals surface area contributed by atoms with Gasteiger partial charge in [0.05, 0.1) is 0 Å². The highest BCUT2D eigenvalue weighted by molar-refractivity contribution is 5.80. The van der Waals surface area contributed by atoms with Crippen molar-refractivity contribution in [3.05, 3.63) is 42.5 Å². The number of nitrogens with zero attached hydrogens (tertiary/aromatic N) is 3. The van der Waals surface area contributed by atoms with Crippen molar-refractivity contribution < 1.29 is 4.74 Å². The molecule has 1 saturated heterocycles. The van der Waals surface area contributed by atoms with Crippen molar-refractivity contribution in [2.45, 2.75) is 13.3 Å². The first-order chi connectivity index (χ1) is 11.8. The second kappa shape index (κ2) is 10.7. The van der Waals surface area contributed by atoms with Crippen LogP contribution >= 0.6 is 0 Å². The third-order valence-corrected chi connectivity index (χ3v) is 4.13. The Morgan fingerprint density at radius 2 is 1.96 bits per heavy atom. The highest BCUT2D eigenvalue weighted by Crippen LogP contribution is 2.08. The second-order valence-corrected chi connectivity index (χ2v) is 5.82. The van der Waals surface area contributed by atoms with Crippen molar-refractivity contribution in [2.75, 3.05) is 52.9 Å². The van der Waals surface area contributed by atoms with Gasteiger partial charge in [0.15, 0.2) is 5.96 Å². The van der Waals surface area contributed by atoms with Gasteiger partial charge in [0.25, 0.3) is 0 Å². The number of guanidine groups is 1. The Morgan fingerprint density at radius 1 is 1.21 bits per heavy atom. The highest BCUT2D eigenvalue weighted by atomic mass is 16.5. The van der Waals surface area contributed by atoms with Crippen LogP contribution in [0.15, 0.2) is 47.5 Å². The van der Waals surface area contributed by atoms with E-state index in [2.05, 4.69) is 39.2 Å². The van der Waals surface area contributed by atoms with E-state index >= 15 is 0 Å². The van der Waals surface area contributed by atoms with Gasteiger partial charge in [-0.25, -0.2) is 0 Å². The van der Waals surface area contributed by atoms with E-state index in [4.69, 9.17) is 4.74 Å². The van der Waals surface area contributed by atoms with Gasteiger partial charge in [-0.2, -0.15) is 0 Å². The van der Waals surface area contributed by atoms with Crippen LogP contribution in [0.5, 0.6) is 5.75 Å². The van der Waals surface area contributed by atoms with Crippen LogP contribution in [0.4, 0.5) is 0 Å². The summed E-state index contributed by atoms with van der Waals surface area (Å²) in [5.74, 6) is 1.96. The van der Waals surface area contributed by atoms with E-state index in [-0.39, 0.29) is 0 Å². The Kier molecular flexibility index (Phi) is 8.18. The average Bonchev–Trinajstić information content (AvgIpc) is 2.64. The molecular weight excluding hydrogens is 300 g/mol. The van der Waals surface area contributed by atoms with Gasteiger partial charge in [-0.15, -0.1) is 0 Å². The van der Waals surface area contributed by atoms with E-state index in [0.717, 1.165) is 64.0 Å². The van der Waals surface area contributed by atoms with E-state index in [1.807, 2.05) is 37.4 Å². The fourth-order valence-corrected chi connectivity index (χ4v) is 2.76. The number of benzene rings is 1. The number of hydrogen-bond acceptors (Lipinski definition) is 3. The molecule has 132 valence electrons. The van der Waals surface area contributed by atoms with Crippen molar-refractivity contribution in [3.63, 3.8) is 0 Å². The number of para-hydroxylation sites is 1. The fourth-order valence-electron chi connectivity index (χ4n) is 2.76. The molecule has 1 heterocycles. The first-order valence-corrected chi connectivity index (χ1v) is 8.80. The predicted molar refractivity (Wildman–Crippen MR) is 101 cm³/mol. The molecule has 1 fully saturated rings. The Balaban J connectivity index is 1.65. The molecule has 1 aromatic rings. The molecule has 2 rings (SSSR count). The number of ether oxygens (including phenoxy) is 1. The lowest BCUT2D eigenvalue weighted by Gasteiger charge is -2.36. The van der Waals surface area contributed by atoms with Crippen molar-refractivity contribution in [1.29, 1.82) is 0 Å².